The Labute approximate surface area is 224 Å². The number of carboxylic acids is 1. The van der Waals surface area contributed by atoms with E-state index in [0.717, 1.165) is 16.5 Å². The summed E-state index contributed by atoms with van der Waals surface area (Å²) in [4.78, 5) is 53.4. The van der Waals surface area contributed by atoms with Crippen molar-refractivity contribution >= 4 is 47.2 Å². The molecule has 3 aromatic rings. The van der Waals surface area contributed by atoms with Crippen LogP contribution in [0.15, 0.2) is 54.7 Å². The highest BCUT2D eigenvalue weighted by Crippen LogP contribution is 2.19. The first-order valence-corrected chi connectivity index (χ1v) is 12.6. The lowest BCUT2D eigenvalue weighted by Gasteiger charge is -2.24. The summed E-state index contributed by atoms with van der Waals surface area (Å²) in [7, 11) is 0. The number of amides is 3. The molecule has 3 rings (SSSR count). The molecule has 202 valence electrons. The van der Waals surface area contributed by atoms with Crippen molar-refractivity contribution in [3.05, 3.63) is 65.9 Å². The molecular weight excluding hydrogens is 510 g/mol. The summed E-state index contributed by atoms with van der Waals surface area (Å²) >= 11 is 3.98. The second-order valence-electron chi connectivity index (χ2n) is 8.91. The number of hydrogen-bond donors (Lipinski definition) is 8. The van der Waals surface area contributed by atoms with Gasteiger partial charge in [-0.3, -0.25) is 14.4 Å². The number of nitrogens with one attached hydrogen (secondary N) is 4. The van der Waals surface area contributed by atoms with Gasteiger partial charge in [-0.2, -0.15) is 12.6 Å². The zero-order valence-corrected chi connectivity index (χ0v) is 21.6. The molecule has 2 aromatic carbocycles. The van der Waals surface area contributed by atoms with E-state index in [2.05, 4.69) is 33.6 Å². The van der Waals surface area contributed by atoms with E-state index in [9.17, 15) is 29.4 Å². The third kappa shape index (κ3) is 7.49. The van der Waals surface area contributed by atoms with Gasteiger partial charge in [0.1, 0.15) is 23.9 Å². The number of carbonyl (C=O) groups excluding carboxylic acids is 3. The van der Waals surface area contributed by atoms with Gasteiger partial charge in [0.2, 0.25) is 17.7 Å². The van der Waals surface area contributed by atoms with Crippen LogP contribution in [0.5, 0.6) is 5.75 Å². The van der Waals surface area contributed by atoms with Crippen LogP contribution in [0.1, 0.15) is 18.1 Å². The minimum atomic E-state index is -1.29. The average Bonchev–Trinajstić information content (AvgIpc) is 3.31. The largest absolute Gasteiger partial charge is 0.508 e. The van der Waals surface area contributed by atoms with E-state index in [1.165, 1.54) is 19.1 Å². The van der Waals surface area contributed by atoms with Crippen molar-refractivity contribution in [3.8, 4) is 5.75 Å². The minimum absolute atomic E-state index is 0.0303. The maximum absolute atomic E-state index is 13.3. The number of carboxylic acid groups (broad SMARTS) is 1. The number of aromatic amines is 1. The number of fused-ring (bicyclic) bond motifs is 1. The van der Waals surface area contributed by atoms with E-state index in [1.807, 2.05) is 24.3 Å². The van der Waals surface area contributed by atoms with Crippen LogP contribution in [-0.2, 0) is 32.0 Å². The summed E-state index contributed by atoms with van der Waals surface area (Å²) in [6, 6.07) is 9.03. The van der Waals surface area contributed by atoms with Gasteiger partial charge in [-0.05, 0) is 36.2 Å². The molecule has 11 nitrogen and oxygen atoms in total. The molecule has 12 heteroatoms. The lowest BCUT2D eigenvalue weighted by atomic mass is 10.0. The van der Waals surface area contributed by atoms with E-state index in [-0.39, 0.29) is 24.3 Å². The van der Waals surface area contributed by atoms with Gasteiger partial charge in [-0.1, -0.05) is 30.3 Å². The van der Waals surface area contributed by atoms with Crippen molar-refractivity contribution in [2.24, 2.45) is 5.73 Å². The van der Waals surface area contributed by atoms with Gasteiger partial charge in [0.05, 0.1) is 6.04 Å². The van der Waals surface area contributed by atoms with Gasteiger partial charge >= 0.3 is 5.97 Å². The number of aromatic nitrogens is 1. The minimum Gasteiger partial charge on any atom is -0.508 e. The second-order valence-corrected chi connectivity index (χ2v) is 9.28. The first-order valence-electron chi connectivity index (χ1n) is 11.9. The van der Waals surface area contributed by atoms with Gasteiger partial charge in [0.25, 0.3) is 0 Å². The lowest BCUT2D eigenvalue weighted by Crippen LogP contribution is -2.57. The van der Waals surface area contributed by atoms with Gasteiger partial charge < -0.3 is 36.9 Å². The number of H-pyrrole nitrogens is 1. The summed E-state index contributed by atoms with van der Waals surface area (Å²) in [5, 5.41) is 27.7. The summed E-state index contributed by atoms with van der Waals surface area (Å²) in [6.45, 7) is 1.45. The first-order chi connectivity index (χ1) is 18.1. The molecule has 0 spiro atoms. The number of thiol groups is 1. The molecule has 0 saturated heterocycles. The Morgan fingerprint density at radius 3 is 2.24 bits per heavy atom. The second kappa shape index (κ2) is 13.0. The van der Waals surface area contributed by atoms with Gasteiger partial charge in [-0.25, -0.2) is 4.79 Å². The van der Waals surface area contributed by atoms with Crippen molar-refractivity contribution in [2.75, 3.05) is 5.75 Å². The fraction of sp³-hybridized carbons (Fsp3) is 0.308. The predicted molar refractivity (Wildman–Crippen MR) is 145 cm³/mol. The van der Waals surface area contributed by atoms with Crippen LogP contribution in [-0.4, -0.2) is 68.8 Å². The zero-order chi connectivity index (χ0) is 27.8. The molecule has 4 atom stereocenters. The highest BCUT2D eigenvalue weighted by molar-refractivity contribution is 7.80. The number of aliphatic carboxylic acids is 1. The van der Waals surface area contributed by atoms with E-state index in [4.69, 9.17) is 5.73 Å². The maximum Gasteiger partial charge on any atom is 0.326 e. The predicted octanol–water partition coefficient (Wildman–Crippen LogP) is 0.475. The number of para-hydroxylation sites is 1. The van der Waals surface area contributed by atoms with Crippen LogP contribution in [0.2, 0.25) is 0 Å². The highest BCUT2D eigenvalue weighted by Gasteiger charge is 2.29. The van der Waals surface area contributed by atoms with Gasteiger partial charge in [0, 0.05) is 35.7 Å². The van der Waals surface area contributed by atoms with Gasteiger partial charge in [-0.15, -0.1) is 0 Å². The molecule has 3 amide bonds. The topological polar surface area (TPSA) is 187 Å². The lowest BCUT2D eigenvalue weighted by molar-refractivity contribution is -0.142. The number of aromatic hydroxyl groups is 1. The normalized spacial score (nSPS) is 14.2. The SMILES string of the molecule is CC(NC(=O)C(N)CS)C(=O)NC(Cc1c[nH]c2ccccc12)C(=O)NC(Cc1ccc(O)cc1)C(=O)O. The van der Waals surface area contributed by atoms with Crippen molar-refractivity contribution in [2.45, 2.75) is 43.9 Å². The quantitative estimate of drug-likeness (QED) is 0.153. The Balaban J connectivity index is 1.80. The number of phenols is 1. The number of rotatable bonds is 12. The maximum atomic E-state index is 13.3. The summed E-state index contributed by atoms with van der Waals surface area (Å²) in [5.74, 6) is -3.06. The van der Waals surface area contributed by atoms with E-state index >= 15 is 0 Å². The number of benzene rings is 2. The molecule has 38 heavy (non-hydrogen) atoms. The Hall–Kier alpha value is -4.03. The van der Waals surface area contributed by atoms with Crippen LogP contribution >= 0.6 is 12.6 Å². The molecule has 4 unspecified atom stereocenters. The smallest absolute Gasteiger partial charge is 0.326 e. The Bertz CT molecular complexity index is 1290. The monoisotopic (exact) mass is 541 g/mol. The third-order valence-corrected chi connectivity index (χ3v) is 6.40. The number of carbonyl (C=O) groups is 4. The van der Waals surface area contributed by atoms with Crippen LogP contribution in [0.4, 0.5) is 0 Å². The number of nitrogens with two attached hydrogens (primary N) is 1. The third-order valence-electron chi connectivity index (χ3n) is 6.01. The van der Waals surface area contributed by atoms with Crippen molar-refractivity contribution < 1.29 is 29.4 Å². The van der Waals surface area contributed by atoms with Crippen molar-refractivity contribution in [1.82, 2.24) is 20.9 Å². The fourth-order valence-corrected chi connectivity index (χ4v) is 4.00. The molecule has 0 aliphatic rings. The Morgan fingerprint density at radius 1 is 0.921 bits per heavy atom. The van der Waals surface area contributed by atoms with Crippen molar-refractivity contribution in [3.63, 3.8) is 0 Å². The van der Waals surface area contributed by atoms with E-state index in [0.29, 0.717) is 5.56 Å². The molecular formula is C26H31N5O6S. The van der Waals surface area contributed by atoms with Crippen LogP contribution in [0, 0.1) is 0 Å². The molecule has 0 radical (unpaired) electrons. The molecule has 0 aliphatic heterocycles. The first kappa shape index (κ1) is 28.5. The number of phenolic OH excluding ortho intramolecular Hbond substituents is 1. The van der Waals surface area contributed by atoms with Crippen molar-refractivity contribution in [1.29, 1.82) is 0 Å². The summed E-state index contributed by atoms with van der Waals surface area (Å²) in [6.07, 6.45) is 1.74. The highest BCUT2D eigenvalue weighted by atomic mass is 32.1. The van der Waals surface area contributed by atoms with Crippen LogP contribution in [0.25, 0.3) is 10.9 Å². The Morgan fingerprint density at radius 2 is 1.58 bits per heavy atom. The number of hydrogen-bond acceptors (Lipinski definition) is 7. The van der Waals surface area contributed by atoms with E-state index < -0.39 is 47.9 Å². The molecule has 0 saturated carbocycles. The summed E-state index contributed by atoms with van der Waals surface area (Å²) < 4.78 is 0. The van der Waals surface area contributed by atoms with E-state index in [1.54, 1.807) is 18.3 Å². The van der Waals surface area contributed by atoms with Crippen LogP contribution in [0.3, 0.4) is 0 Å². The Kier molecular flexibility index (Phi) is 9.74. The fourth-order valence-electron chi connectivity index (χ4n) is 3.84. The van der Waals surface area contributed by atoms with Gasteiger partial charge in [0.15, 0.2) is 0 Å². The standard InChI is InChI=1S/C26H31N5O6S/c1-14(29-24(34)19(27)13-38)23(33)30-21(11-16-12-28-20-5-3-2-4-18(16)20)25(35)31-22(26(36)37)10-15-6-8-17(32)9-7-15/h2-9,12,14,19,21-22,28,32,38H,10-11,13,27H2,1H3,(H,29,34)(H,30,33)(H,31,35)(H,36,37). The molecule has 0 bridgehead atoms. The molecule has 0 aliphatic carbocycles. The summed E-state index contributed by atoms with van der Waals surface area (Å²) in [5.41, 5.74) is 7.82. The van der Waals surface area contributed by atoms with Crippen LogP contribution < -0.4 is 21.7 Å². The molecule has 0 fully saturated rings. The molecule has 1 aromatic heterocycles. The molecule has 8 N–H and O–H groups in total. The zero-order valence-electron chi connectivity index (χ0n) is 20.7. The molecule has 1 heterocycles. The average molecular weight is 542 g/mol.